The van der Waals surface area contributed by atoms with Crippen LogP contribution in [-0.4, -0.2) is 31.8 Å². The van der Waals surface area contributed by atoms with E-state index in [0.717, 1.165) is 18.9 Å². The van der Waals surface area contributed by atoms with Gasteiger partial charge in [0, 0.05) is 0 Å². The van der Waals surface area contributed by atoms with Crippen molar-refractivity contribution in [2.45, 2.75) is 25.0 Å². The van der Waals surface area contributed by atoms with E-state index in [1.807, 2.05) is 0 Å². The topological polar surface area (TPSA) is 47.3 Å². The van der Waals surface area contributed by atoms with E-state index in [0.29, 0.717) is 12.1 Å². The summed E-state index contributed by atoms with van der Waals surface area (Å²) in [4.78, 5) is 0. The number of hydrogen-bond acceptors (Lipinski definition) is 3. The van der Waals surface area contributed by atoms with Gasteiger partial charge in [0.05, 0.1) is 18.8 Å². The van der Waals surface area contributed by atoms with Gasteiger partial charge in [-0.15, -0.1) is 0 Å². The maximum Gasteiger partial charge on any atom is 0.0749 e. The Morgan fingerprint density at radius 1 is 1.36 bits per heavy atom. The molecular formula is C8H16N2O. The molecule has 0 aromatic heterocycles. The van der Waals surface area contributed by atoms with Gasteiger partial charge in [0.2, 0.25) is 0 Å². The average Bonchev–Trinajstić information content (AvgIpc) is 1.91. The summed E-state index contributed by atoms with van der Waals surface area (Å²) in [7, 11) is 0. The Labute approximate surface area is 67.3 Å². The molecule has 0 bridgehead atoms. The maximum absolute atomic E-state index is 5.73. The lowest BCUT2D eigenvalue weighted by atomic mass is 9.92. The van der Waals surface area contributed by atoms with Crippen LogP contribution in [0.3, 0.4) is 0 Å². The number of ether oxygens (including phenoxy) is 1. The van der Waals surface area contributed by atoms with Crippen LogP contribution in [0.25, 0.3) is 0 Å². The summed E-state index contributed by atoms with van der Waals surface area (Å²) in [6.07, 6.45) is 2.81. The molecule has 2 fully saturated rings. The summed E-state index contributed by atoms with van der Waals surface area (Å²) in [5.74, 6) is 0.895. The van der Waals surface area contributed by atoms with Crippen LogP contribution in [0.2, 0.25) is 0 Å². The monoisotopic (exact) mass is 156 g/mol. The highest BCUT2D eigenvalue weighted by molar-refractivity contribution is 4.84. The molecule has 3 nitrogen and oxygen atoms in total. The Hall–Kier alpha value is -0.120. The van der Waals surface area contributed by atoms with Crippen LogP contribution in [-0.2, 0) is 4.74 Å². The number of nitrogens with two attached hydrogens (primary N) is 1. The minimum Gasteiger partial charge on any atom is -0.375 e. The predicted molar refractivity (Wildman–Crippen MR) is 43.3 cm³/mol. The molecule has 2 aliphatic rings. The Kier molecular flexibility index (Phi) is 2.11. The second-order valence-corrected chi connectivity index (χ2v) is 3.64. The second kappa shape index (κ2) is 3.09. The molecule has 0 saturated carbocycles. The second-order valence-electron chi connectivity index (χ2n) is 3.64. The van der Waals surface area contributed by atoms with Crippen LogP contribution < -0.4 is 11.1 Å². The third-order valence-corrected chi connectivity index (χ3v) is 2.71. The summed E-state index contributed by atoms with van der Waals surface area (Å²) in [5.41, 5.74) is 5.73. The third-order valence-electron chi connectivity index (χ3n) is 2.71. The van der Waals surface area contributed by atoms with Gasteiger partial charge in [-0.2, -0.15) is 0 Å². The molecule has 2 aliphatic heterocycles. The van der Waals surface area contributed by atoms with Crippen molar-refractivity contribution in [3.63, 3.8) is 0 Å². The van der Waals surface area contributed by atoms with Crippen molar-refractivity contribution >= 4 is 0 Å². The molecule has 64 valence electrons. The molecule has 0 amide bonds. The lowest BCUT2D eigenvalue weighted by Crippen LogP contribution is -2.52. The molecule has 0 aromatic rings. The molecule has 0 spiro atoms. The zero-order chi connectivity index (χ0) is 7.68. The van der Waals surface area contributed by atoms with Crippen molar-refractivity contribution < 1.29 is 4.74 Å². The standard InChI is InChI=1S/C8H16N2O/c9-7-5-11-8(7)2-1-6-3-10-4-6/h6-8,10H,1-5,9H2. The number of nitrogens with one attached hydrogen (secondary N) is 1. The quantitative estimate of drug-likeness (QED) is 0.590. The molecule has 0 aromatic carbocycles. The van der Waals surface area contributed by atoms with Crippen LogP contribution in [0.15, 0.2) is 0 Å². The largest absolute Gasteiger partial charge is 0.375 e. The van der Waals surface area contributed by atoms with E-state index in [9.17, 15) is 0 Å². The first-order valence-electron chi connectivity index (χ1n) is 4.44. The molecule has 0 radical (unpaired) electrons. The fourth-order valence-electron chi connectivity index (χ4n) is 1.59. The minimum absolute atomic E-state index is 0.322. The van der Waals surface area contributed by atoms with Gasteiger partial charge in [-0.05, 0) is 31.8 Å². The predicted octanol–water partition coefficient (Wildman–Crippen LogP) is -0.288. The van der Waals surface area contributed by atoms with Crippen LogP contribution in [0, 0.1) is 5.92 Å². The highest BCUT2D eigenvalue weighted by Gasteiger charge is 2.29. The van der Waals surface area contributed by atoms with E-state index in [-0.39, 0.29) is 0 Å². The minimum atomic E-state index is 0.322. The highest BCUT2D eigenvalue weighted by Crippen LogP contribution is 2.20. The molecule has 2 saturated heterocycles. The van der Waals surface area contributed by atoms with Gasteiger partial charge in [-0.1, -0.05) is 0 Å². The van der Waals surface area contributed by atoms with Crippen molar-refractivity contribution in [1.82, 2.24) is 5.32 Å². The van der Waals surface area contributed by atoms with E-state index in [1.165, 1.54) is 19.5 Å². The molecule has 3 heteroatoms. The maximum atomic E-state index is 5.73. The summed E-state index contributed by atoms with van der Waals surface area (Å²) >= 11 is 0. The van der Waals surface area contributed by atoms with Crippen LogP contribution in [0.5, 0.6) is 0 Å². The van der Waals surface area contributed by atoms with Gasteiger partial charge in [0.1, 0.15) is 0 Å². The van der Waals surface area contributed by atoms with E-state index in [2.05, 4.69) is 5.32 Å². The lowest BCUT2D eigenvalue weighted by Gasteiger charge is -2.36. The SMILES string of the molecule is NC1COC1CCC1CNC1. The van der Waals surface area contributed by atoms with E-state index < -0.39 is 0 Å². The van der Waals surface area contributed by atoms with Crippen molar-refractivity contribution in [2.75, 3.05) is 19.7 Å². The zero-order valence-electron chi connectivity index (χ0n) is 6.75. The van der Waals surface area contributed by atoms with Crippen LogP contribution in [0.4, 0.5) is 0 Å². The van der Waals surface area contributed by atoms with Crippen molar-refractivity contribution in [2.24, 2.45) is 11.7 Å². The molecule has 2 heterocycles. The third kappa shape index (κ3) is 1.55. The van der Waals surface area contributed by atoms with Crippen LogP contribution >= 0.6 is 0 Å². The Bertz CT molecular complexity index is 136. The molecule has 3 N–H and O–H groups in total. The lowest BCUT2D eigenvalue weighted by molar-refractivity contribution is -0.0794. The summed E-state index contributed by atoms with van der Waals surface area (Å²) in [5, 5.41) is 3.26. The number of hydrogen-bond donors (Lipinski definition) is 2. The summed E-state index contributed by atoms with van der Waals surface area (Å²) in [6, 6.07) is 0.322. The summed E-state index contributed by atoms with van der Waals surface area (Å²) < 4.78 is 5.32. The van der Waals surface area contributed by atoms with Gasteiger partial charge >= 0.3 is 0 Å². The normalized spacial score (nSPS) is 37.9. The summed E-state index contributed by atoms with van der Waals surface area (Å²) in [6.45, 7) is 3.16. The zero-order valence-corrected chi connectivity index (χ0v) is 6.75. The van der Waals surface area contributed by atoms with E-state index in [4.69, 9.17) is 10.5 Å². The first-order valence-corrected chi connectivity index (χ1v) is 4.44. The van der Waals surface area contributed by atoms with Crippen molar-refractivity contribution in [1.29, 1.82) is 0 Å². The molecule has 0 aliphatic carbocycles. The van der Waals surface area contributed by atoms with Gasteiger partial charge in [0.15, 0.2) is 0 Å². The molecule has 2 rings (SSSR count). The molecule has 2 unspecified atom stereocenters. The Balaban J connectivity index is 1.58. The number of rotatable bonds is 3. The molecule has 11 heavy (non-hydrogen) atoms. The van der Waals surface area contributed by atoms with E-state index in [1.54, 1.807) is 0 Å². The van der Waals surface area contributed by atoms with Crippen molar-refractivity contribution in [3.8, 4) is 0 Å². The van der Waals surface area contributed by atoms with Gasteiger partial charge in [-0.25, -0.2) is 0 Å². The van der Waals surface area contributed by atoms with Gasteiger partial charge in [0.25, 0.3) is 0 Å². The van der Waals surface area contributed by atoms with Gasteiger partial charge < -0.3 is 15.8 Å². The first-order chi connectivity index (χ1) is 5.36. The van der Waals surface area contributed by atoms with Gasteiger partial charge in [-0.3, -0.25) is 0 Å². The Morgan fingerprint density at radius 2 is 2.18 bits per heavy atom. The molecular weight excluding hydrogens is 140 g/mol. The average molecular weight is 156 g/mol. The van der Waals surface area contributed by atoms with Crippen LogP contribution in [0.1, 0.15) is 12.8 Å². The molecule has 2 atom stereocenters. The smallest absolute Gasteiger partial charge is 0.0749 e. The fraction of sp³-hybridized carbons (Fsp3) is 1.00. The highest BCUT2D eigenvalue weighted by atomic mass is 16.5. The van der Waals surface area contributed by atoms with Crippen molar-refractivity contribution in [3.05, 3.63) is 0 Å². The Morgan fingerprint density at radius 3 is 2.55 bits per heavy atom. The fourth-order valence-corrected chi connectivity index (χ4v) is 1.59. The van der Waals surface area contributed by atoms with E-state index >= 15 is 0 Å². The first kappa shape index (κ1) is 7.53.